The first kappa shape index (κ1) is 20.4. The molecule has 0 aromatic heterocycles. The number of aliphatic hydroxyl groups excluding tert-OH is 1. The highest BCUT2D eigenvalue weighted by Gasteiger charge is 2.42. The van der Waals surface area contributed by atoms with Gasteiger partial charge in [-0.2, -0.15) is 0 Å². The second kappa shape index (κ2) is 9.23. The van der Waals surface area contributed by atoms with Crippen LogP contribution in [-0.2, 0) is 16.1 Å². The van der Waals surface area contributed by atoms with Crippen LogP contribution >= 0.6 is 23.4 Å². The molecular weight excluding hydrogens is 400 g/mol. The minimum atomic E-state index is -0.785. The van der Waals surface area contributed by atoms with Crippen molar-refractivity contribution in [3.63, 3.8) is 0 Å². The zero-order valence-electron chi connectivity index (χ0n) is 15.0. The summed E-state index contributed by atoms with van der Waals surface area (Å²) in [6, 6.07) is 15.8. The first-order valence-electron chi connectivity index (χ1n) is 8.72. The molecule has 146 valence electrons. The second-order valence-corrected chi connectivity index (χ2v) is 7.84. The van der Waals surface area contributed by atoms with Crippen LogP contribution < -0.4 is 4.90 Å². The molecule has 1 aliphatic heterocycles. The van der Waals surface area contributed by atoms with E-state index in [9.17, 15) is 19.5 Å². The maximum absolute atomic E-state index is 12.7. The van der Waals surface area contributed by atoms with Gasteiger partial charge in [-0.05, 0) is 41.6 Å². The number of rotatable bonds is 7. The molecular formula is C20H19ClN2O4S. The fourth-order valence-electron chi connectivity index (χ4n) is 2.91. The number of hydrogen-bond acceptors (Lipinski definition) is 5. The standard InChI is InChI=1S/C20H19ClN2O4S/c21-15-6-8-16(9-7-15)23-19(26)17(28-20(23)27)12-18(25)22(10-11-24)13-14-4-2-1-3-5-14/h1-9,17,24H,10-13H2. The largest absolute Gasteiger partial charge is 0.395 e. The number of halogens is 1. The van der Waals surface area contributed by atoms with Gasteiger partial charge in [-0.3, -0.25) is 14.4 Å². The molecule has 2 aromatic rings. The van der Waals surface area contributed by atoms with Gasteiger partial charge in [0.2, 0.25) is 11.8 Å². The summed E-state index contributed by atoms with van der Waals surface area (Å²) >= 11 is 6.70. The van der Waals surface area contributed by atoms with Crippen LogP contribution in [0.25, 0.3) is 0 Å². The van der Waals surface area contributed by atoms with E-state index in [0.29, 0.717) is 17.3 Å². The second-order valence-electron chi connectivity index (χ2n) is 6.25. The smallest absolute Gasteiger partial charge is 0.293 e. The quantitative estimate of drug-likeness (QED) is 0.746. The van der Waals surface area contributed by atoms with E-state index in [1.165, 1.54) is 4.90 Å². The van der Waals surface area contributed by atoms with E-state index < -0.39 is 16.4 Å². The number of anilines is 1. The highest BCUT2D eigenvalue weighted by Crippen LogP contribution is 2.34. The van der Waals surface area contributed by atoms with Gasteiger partial charge in [0.1, 0.15) is 5.25 Å². The van der Waals surface area contributed by atoms with Gasteiger partial charge in [0.15, 0.2) is 0 Å². The molecule has 0 aliphatic carbocycles. The van der Waals surface area contributed by atoms with Crippen molar-refractivity contribution in [2.45, 2.75) is 18.2 Å². The van der Waals surface area contributed by atoms with Crippen LogP contribution in [0.3, 0.4) is 0 Å². The minimum Gasteiger partial charge on any atom is -0.395 e. The number of benzene rings is 2. The Bertz CT molecular complexity index is 860. The Balaban J connectivity index is 1.69. The predicted molar refractivity (Wildman–Crippen MR) is 109 cm³/mol. The Hall–Kier alpha value is -2.35. The molecule has 0 bridgehead atoms. The van der Waals surface area contributed by atoms with Gasteiger partial charge in [-0.25, -0.2) is 4.90 Å². The predicted octanol–water partition coefficient (Wildman–Crippen LogP) is 3.32. The average Bonchev–Trinajstić information content (AvgIpc) is 2.96. The third kappa shape index (κ3) is 4.73. The van der Waals surface area contributed by atoms with Crippen LogP contribution in [-0.4, -0.2) is 45.5 Å². The van der Waals surface area contributed by atoms with Crippen molar-refractivity contribution >= 4 is 46.1 Å². The van der Waals surface area contributed by atoms with Crippen molar-refractivity contribution < 1.29 is 19.5 Å². The molecule has 1 fully saturated rings. The Labute approximate surface area is 172 Å². The number of imide groups is 1. The monoisotopic (exact) mass is 418 g/mol. The van der Waals surface area contributed by atoms with Gasteiger partial charge >= 0.3 is 0 Å². The molecule has 6 nitrogen and oxygen atoms in total. The third-order valence-electron chi connectivity index (χ3n) is 4.31. The fraction of sp³-hybridized carbons (Fsp3) is 0.250. The maximum atomic E-state index is 12.7. The zero-order chi connectivity index (χ0) is 20.1. The highest BCUT2D eigenvalue weighted by atomic mass is 35.5. The van der Waals surface area contributed by atoms with E-state index in [2.05, 4.69) is 0 Å². The lowest BCUT2D eigenvalue weighted by Gasteiger charge is -2.23. The first-order chi connectivity index (χ1) is 13.5. The van der Waals surface area contributed by atoms with Crippen LogP contribution in [0.15, 0.2) is 54.6 Å². The summed E-state index contributed by atoms with van der Waals surface area (Å²) < 4.78 is 0. The molecule has 0 radical (unpaired) electrons. The summed E-state index contributed by atoms with van der Waals surface area (Å²) in [6.45, 7) is 0.314. The van der Waals surface area contributed by atoms with Crippen LogP contribution in [0, 0.1) is 0 Å². The lowest BCUT2D eigenvalue weighted by atomic mass is 10.2. The van der Waals surface area contributed by atoms with Crippen LogP contribution in [0.1, 0.15) is 12.0 Å². The maximum Gasteiger partial charge on any atom is 0.293 e. The summed E-state index contributed by atoms with van der Waals surface area (Å²) in [4.78, 5) is 40.3. The fourth-order valence-corrected chi connectivity index (χ4v) is 4.02. The third-order valence-corrected chi connectivity index (χ3v) is 5.59. The molecule has 0 spiro atoms. The summed E-state index contributed by atoms with van der Waals surface area (Å²) in [5, 5.41) is 8.60. The van der Waals surface area contributed by atoms with Crippen LogP contribution in [0.2, 0.25) is 5.02 Å². The Kier molecular flexibility index (Phi) is 6.72. The number of thioether (sulfide) groups is 1. The lowest BCUT2D eigenvalue weighted by molar-refractivity contribution is -0.133. The van der Waals surface area contributed by atoms with Gasteiger partial charge in [-0.15, -0.1) is 0 Å². The van der Waals surface area contributed by atoms with Crippen molar-refractivity contribution in [2.75, 3.05) is 18.1 Å². The molecule has 8 heteroatoms. The molecule has 0 saturated carbocycles. The molecule has 3 amide bonds. The molecule has 3 rings (SSSR count). The SMILES string of the molecule is O=C(CC1SC(=O)N(c2ccc(Cl)cc2)C1=O)N(CCO)Cc1ccccc1. The summed E-state index contributed by atoms with van der Waals surface area (Å²) in [7, 11) is 0. The van der Waals surface area contributed by atoms with E-state index in [1.807, 2.05) is 30.3 Å². The van der Waals surface area contributed by atoms with Crippen molar-refractivity contribution in [2.24, 2.45) is 0 Å². The van der Waals surface area contributed by atoms with Gasteiger partial charge in [0.05, 0.1) is 12.3 Å². The Morgan fingerprint density at radius 3 is 2.43 bits per heavy atom. The van der Waals surface area contributed by atoms with Gasteiger partial charge in [-0.1, -0.05) is 41.9 Å². The Morgan fingerprint density at radius 2 is 1.79 bits per heavy atom. The van der Waals surface area contributed by atoms with E-state index in [0.717, 1.165) is 22.2 Å². The molecule has 1 heterocycles. The number of nitrogens with zero attached hydrogens (tertiary/aromatic N) is 2. The molecule has 2 aromatic carbocycles. The van der Waals surface area contributed by atoms with Crippen molar-refractivity contribution in [3.8, 4) is 0 Å². The molecule has 1 saturated heterocycles. The van der Waals surface area contributed by atoms with Crippen molar-refractivity contribution in [3.05, 3.63) is 65.2 Å². The number of aliphatic hydroxyl groups is 1. The molecule has 1 atom stereocenters. The molecule has 1 aliphatic rings. The average molecular weight is 419 g/mol. The van der Waals surface area contributed by atoms with Crippen LogP contribution in [0.4, 0.5) is 10.5 Å². The number of carbonyl (C=O) groups excluding carboxylic acids is 3. The molecule has 1 N–H and O–H groups in total. The number of amides is 3. The zero-order valence-corrected chi connectivity index (χ0v) is 16.5. The normalized spacial score (nSPS) is 16.5. The van der Waals surface area contributed by atoms with Crippen molar-refractivity contribution in [1.29, 1.82) is 0 Å². The van der Waals surface area contributed by atoms with Crippen molar-refractivity contribution in [1.82, 2.24) is 4.90 Å². The minimum absolute atomic E-state index is 0.105. The van der Waals surface area contributed by atoms with E-state index >= 15 is 0 Å². The number of carbonyl (C=O) groups is 3. The number of hydrogen-bond donors (Lipinski definition) is 1. The molecule has 1 unspecified atom stereocenters. The van der Waals surface area contributed by atoms with Gasteiger partial charge in [0.25, 0.3) is 5.24 Å². The van der Waals surface area contributed by atoms with E-state index in [4.69, 9.17) is 11.6 Å². The highest BCUT2D eigenvalue weighted by molar-refractivity contribution is 8.15. The van der Waals surface area contributed by atoms with E-state index in [-0.39, 0.29) is 25.5 Å². The summed E-state index contributed by atoms with van der Waals surface area (Å²) in [5.41, 5.74) is 1.35. The van der Waals surface area contributed by atoms with Crippen LogP contribution in [0.5, 0.6) is 0 Å². The first-order valence-corrected chi connectivity index (χ1v) is 9.98. The van der Waals surface area contributed by atoms with Gasteiger partial charge in [0, 0.05) is 24.5 Å². The summed E-state index contributed by atoms with van der Waals surface area (Å²) in [5.74, 6) is -0.705. The Morgan fingerprint density at radius 1 is 1.11 bits per heavy atom. The lowest BCUT2D eigenvalue weighted by Crippen LogP contribution is -2.37. The molecule has 28 heavy (non-hydrogen) atoms. The topological polar surface area (TPSA) is 77.9 Å². The van der Waals surface area contributed by atoms with Gasteiger partial charge < -0.3 is 10.0 Å². The van der Waals surface area contributed by atoms with E-state index in [1.54, 1.807) is 24.3 Å². The summed E-state index contributed by atoms with van der Waals surface area (Å²) in [6.07, 6.45) is -0.105.